The monoisotopic (exact) mass is 296 g/mol. The normalized spacial score (nSPS) is 11.3. The Hall–Kier alpha value is -1.99. The number of halogens is 1. The van der Waals surface area contributed by atoms with Crippen LogP contribution in [0.4, 0.5) is 10.1 Å². The summed E-state index contributed by atoms with van der Waals surface area (Å²) in [5.74, 6) is -0.895. The second kappa shape index (κ2) is 5.98. The molecule has 0 bridgehead atoms. The molecule has 0 amide bonds. The summed E-state index contributed by atoms with van der Waals surface area (Å²) in [6, 6.07) is 9.03. The zero-order valence-electron chi connectivity index (χ0n) is 10.7. The summed E-state index contributed by atoms with van der Waals surface area (Å²) in [4.78, 5) is 3.55. The molecule has 0 aliphatic carbocycles. The van der Waals surface area contributed by atoms with Crippen LogP contribution in [0.2, 0.25) is 0 Å². The summed E-state index contributed by atoms with van der Waals surface area (Å²) in [5.41, 5.74) is 1.12. The molecular weight excluding hydrogens is 283 g/mol. The van der Waals surface area contributed by atoms with E-state index in [1.54, 1.807) is 31.4 Å². The second-order valence-corrected chi connectivity index (χ2v) is 5.63. The number of hydrogen-bond acceptors (Lipinski definition) is 4. The maximum absolute atomic E-state index is 13.5. The van der Waals surface area contributed by atoms with Crippen molar-refractivity contribution in [2.24, 2.45) is 0 Å². The molecule has 0 atom stereocenters. The first-order valence-corrected chi connectivity index (χ1v) is 7.22. The van der Waals surface area contributed by atoms with Gasteiger partial charge in [-0.15, -0.1) is 0 Å². The topological polar surface area (TPSA) is 68.3 Å². The van der Waals surface area contributed by atoms with Crippen LogP contribution in [0.25, 0.3) is 0 Å². The number of ether oxygens (including phenoxy) is 1. The van der Waals surface area contributed by atoms with Gasteiger partial charge < -0.3 is 4.74 Å². The van der Waals surface area contributed by atoms with Crippen molar-refractivity contribution in [3.8, 4) is 0 Å². The Bertz CT molecular complexity index is 704. The number of nitrogens with one attached hydrogen (secondary N) is 1. The van der Waals surface area contributed by atoms with Gasteiger partial charge in [-0.1, -0.05) is 12.1 Å². The minimum atomic E-state index is -4.05. The predicted octanol–water partition coefficient (Wildman–Crippen LogP) is 2.17. The van der Waals surface area contributed by atoms with E-state index in [1.165, 1.54) is 12.3 Å². The molecule has 0 aliphatic heterocycles. The lowest BCUT2D eigenvalue weighted by atomic mass is 10.2. The van der Waals surface area contributed by atoms with E-state index in [9.17, 15) is 12.8 Å². The summed E-state index contributed by atoms with van der Waals surface area (Å²) in [5, 5.41) is -0.628. The molecule has 1 aromatic carbocycles. The van der Waals surface area contributed by atoms with Crippen molar-refractivity contribution in [3.63, 3.8) is 0 Å². The van der Waals surface area contributed by atoms with Gasteiger partial charge >= 0.3 is 0 Å². The molecule has 1 aromatic heterocycles. The number of anilines is 1. The van der Waals surface area contributed by atoms with Crippen molar-refractivity contribution >= 4 is 15.7 Å². The zero-order valence-corrected chi connectivity index (χ0v) is 11.5. The molecule has 0 spiro atoms. The quantitative estimate of drug-likeness (QED) is 0.918. The SMILES string of the molecule is COCc1cccc(NS(=O)(=O)c2ncccc2F)c1. The maximum Gasteiger partial charge on any atom is 0.282 e. The Balaban J connectivity index is 2.29. The van der Waals surface area contributed by atoms with Crippen LogP contribution in [0.3, 0.4) is 0 Å². The number of benzene rings is 1. The van der Waals surface area contributed by atoms with Crippen LogP contribution in [-0.2, 0) is 21.4 Å². The fraction of sp³-hybridized carbons (Fsp3) is 0.154. The largest absolute Gasteiger partial charge is 0.380 e. The molecule has 7 heteroatoms. The molecule has 2 aromatic rings. The van der Waals surface area contributed by atoms with E-state index in [-0.39, 0.29) is 0 Å². The molecule has 106 valence electrons. The third kappa shape index (κ3) is 3.31. The Kier molecular flexibility index (Phi) is 4.31. The Labute approximate surface area is 116 Å². The standard InChI is InChI=1S/C13H13FN2O3S/c1-19-9-10-4-2-5-11(8-10)16-20(17,18)13-12(14)6-3-7-15-13/h2-8,16H,9H2,1H3. The van der Waals surface area contributed by atoms with Crippen molar-refractivity contribution in [3.05, 3.63) is 54.0 Å². The smallest absolute Gasteiger partial charge is 0.282 e. The van der Waals surface area contributed by atoms with Gasteiger partial charge in [0, 0.05) is 19.0 Å². The summed E-state index contributed by atoms with van der Waals surface area (Å²) in [6.07, 6.45) is 1.22. The van der Waals surface area contributed by atoms with Crippen LogP contribution in [0, 0.1) is 5.82 Å². The van der Waals surface area contributed by atoms with Gasteiger partial charge in [0.15, 0.2) is 5.82 Å². The van der Waals surface area contributed by atoms with Gasteiger partial charge in [0.25, 0.3) is 10.0 Å². The molecule has 0 unspecified atom stereocenters. The van der Waals surface area contributed by atoms with Crippen molar-refractivity contribution in [1.29, 1.82) is 0 Å². The maximum atomic E-state index is 13.5. The first-order valence-electron chi connectivity index (χ1n) is 5.74. The molecule has 2 rings (SSSR count). The fourth-order valence-corrected chi connectivity index (χ4v) is 2.72. The molecule has 5 nitrogen and oxygen atoms in total. The predicted molar refractivity (Wildman–Crippen MR) is 72.2 cm³/mol. The minimum absolute atomic E-state index is 0.324. The summed E-state index contributed by atoms with van der Waals surface area (Å²) in [7, 11) is -2.51. The van der Waals surface area contributed by atoms with Gasteiger partial charge in [0.1, 0.15) is 0 Å². The second-order valence-electron chi connectivity index (χ2n) is 4.03. The molecular formula is C13H13FN2O3S. The van der Waals surface area contributed by atoms with E-state index in [1.807, 2.05) is 0 Å². The van der Waals surface area contributed by atoms with Crippen LogP contribution in [0.5, 0.6) is 0 Å². The Morgan fingerprint density at radius 1 is 1.30 bits per heavy atom. The molecule has 1 N–H and O–H groups in total. The summed E-state index contributed by atoms with van der Waals surface area (Å²) >= 11 is 0. The Morgan fingerprint density at radius 2 is 2.10 bits per heavy atom. The molecule has 0 aliphatic rings. The first-order chi connectivity index (χ1) is 9.53. The summed E-state index contributed by atoms with van der Waals surface area (Å²) in [6.45, 7) is 0.355. The Morgan fingerprint density at radius 3 is 2.80 bits per heavy atom. The highest BCUT2D eigenvalue weighted by Crippen LogP contribution is 2.18. The van der Waals surface area contributed by atoms with Crippen molar-refractivity contribution in [2.75, 3.05) is 11.8 Å². The molecule has 0 fully saturated rings. The minimum Gasteiger partial charge on any atom is -0.380 e. The third-order valence-corrected chi connectivity index (χ3v) is 3.78. The molecule has 0 saturated heterocycles. The van der Waals surface area contributed by atoms with Crippen LogP contribution in [0.1, 0.15) is 5.56 Å². The average molecular weight is 296 g/mol. The zero-order chi connectivity index (χ0) is 14.6. The number of rotatable bonds is 5. The first kappa shape index (κ1) is 14.4. The van der Waals surface area contributed by atoms with E-state index in [4.69, 9.17) is 4.74 Å². The highest BCUT2D eigenvalue weighted by Gasteiger charge is 2.20. The van der Waals surface area contributed by atoms with Gasteiger partial charge in [-0.2, -0.15) is 8.42 Å². The number of hydrogen-bond donors (Lipinski definition) is 1. The van der Waals surface area contributed by atoms with Crippen molar-refractivity contribution in [1.82, 2.24) is 4.98 Å². The van der Waals surface area contributed by atoms with Gasteiger partial charge in [-0.3, -0.25) is 4.72 Å². The fourth-order valence-electron chi connectivity index (χ4n) is 1.66. The number of pyridine rings is 1. The molecule has 20 heavy (non-hydrogen) atoms. The summed E-state index contributed by atoms with van der Waals surface area (Å²) < 4.78 is 44.8. The molecule has 1 heterocycles. The number of sulfonamides is 1. The number of methoxy groups -OCH3 is 1. The van der Waals surface area contributed by atoms with Crippen LogP contribution < -0.4 is 4.72 Å². The lowest BCUT2D eigenvalue weighted by Crippen LogP contribution is -2.16. The van der Waals surface area contributed by atoms with Gasteiger partial charge in [-0.05, 0) is 29.8 Å². The van der Waals surface area contributed by atoms with Gasteiger partial charge in [0.2, 0.25) is 5.03 Å². The van der Waals surface area contributed by atoms with E-state index >= 15 is 0 Å². The lowest BCUT2D eigenvalue weighted by molar-refractivity contribution is 0.185. The van der Waals surface area contributed by atoms with Crippen molar-refractivity contribution in [2.45, 2.75) is 11.6 Å². The van der Waals surface area contributed by atoms with E-state index in [0.717, 1.165) is 11.6 Å². The third-order valence-electron chi connectivity index (χ3n) is 2.47. The van der Waals surface area contributed by atoms with E-state index in [0.29, 0.717) is 12.3 Å². The van der Waals surface area contributed by atoms with Gasteiger partial charge in [0.05, 0.1) is 6.61 Å². The van der Waals surface area contributed by atoms with E-state index in [2.05, 4.69) is 9.71 Å². The number of nitrogens with zero attached hydrogens (tertiary/aromatic N) is 1. The average Bonchev–Trinajstić information content (AvgIpc) is 2.39. The number of aromatic nitrogens is 1. The van der Waals surface area contributed by atoms with Crippen LogP contribution in [0.15, 0.2) is 47.6 Å². The van der Waals surface area contributed by atoms with Crippen LogP contribution in [-0.4, -0.2) is 20.5 Å². The van der Waals surface area contributed by atoms with Crippen LogP contribution >= 0.6 is 0 Å². The highest BCUT2D eigenvalue weighted by molar-refractivity contribution is 7.92. The van der Waals surface area contributed by atoms with E-state index < -0.39 is 20.9 Å². The van der Waals surface area contributed by atoms with Crippen molar-refractivity contribution < 1.29 is 17.5 Å². The highest BCUT2D eigenvalue weighted by atomic mass is 32.2. The lowest BCUT2D eigenvalue weighted by Gasteiger charge is -2.09. The van der Waals surface area contributed by atoms with Gasteiger partial charge in [-0.25, -0.2) is 9.37 Å². The molecule has 0 saturated carbocycles. The molecule has 0 radical (unpaired) electrons.